The van der Waals surface area contributed by atoms with Gasteiger partial charge in [0.1, 0.15) is 0 Å². The fourth-order valence-electron chi connectivity index (χ4n) is 3.13. The zero-order chi connectivity index (χ0) is 23.2. The molecule has 1 aromatic heterocycles. The number of rotatable bonds is 7. The summed E-state index contributed by atoms with van der Waals surface area (Å²) in [4.78, 5) is 12.5. The normalized spacial score (nSPS) is 11.4. The number of amides is 1. The molecule has 0 radical (unpaired) electrons. The van der Waals surface area contributed by atoms with Crippen LogP contribution in [-0.4, -0.2) is 32.1 Å². The Hall–Kier alpha value is -3.23. The van der Waals surface area contributed by atoms with E-state index in [1.165, 1.54) is 17.3 Å². The Kier molecular flexibility index (Phi) is 7.36. The number of halogens is 1. The first-order valence-corrected chi connectivity index (χ1v) is 12.1. The molecule has 1 heterocycles. The second kappa shape index (κ2) is 10.6. The van der Waals surface area contributed by atoms with Crippen LogP contribution in [0.1, 0.15) is 18.1 Å². The zero-order valence-corrected chi connectivity index (χ0v) is 20.6. The monoisotopic (exact) mass is 519 g/mol. The number of nitrogens with zero attached hydrogens (tertiary/aromatic N) is 4. The van der Waals surface area contributed by atoms with Crippen LogP contribution in [0.4, 0.5) is 0 Å². The molecule has 1 N–H and O–H groups in total. The highest BCUT2D eigenvalue weighted by Crippen LogP contribution is 2.28. The van der Waals surface area contributed by atoms with E-state index in [2.05, 4.69) is 36.7 Å². The molecule has 33 heavy (non-hydrogen) atoms. The molecule has 4 rings (SSSR count). The zero-order valence-electron chi connectivity index (χ0n) is 18.2. The van der Waals surface area contributed by atoms with Crippen LogP contribution in [0, 0.1) is 6.92 Å². The van der Waals surface area contributed by atoms with Gasteiger partial charge in [-0.3, -0.25) is 9.36 Å². The van der Waals surface area contributed by atoms with Gasteiger partial charge < -0.3 is 0 Å². The summed E-state index contributed by atoms with van der Waals surface area (Å²) in [6.45, 7) is 3.91. The molecule has 0 saturated heterocycles. The van der Waals surface area contributed by atoms with Gasteiger partial charge in [0.2, 0.25) is 0 Å². The van der Waals surface area contributed by atoms with Crippen LogP contribution >= 0.6 is 27.7 Å². The summed E-state index contributed by atoms with van der Waals surface area (Å²) in [7, 11) is 0. The Balaban J connectivity index is 1.51. The molecule has 0 fully saturated rings. The van der Waals surface area contributed by atoms with Gasteiger partial charge in [-0.25, -0.2) is 5.43 Å². The molecule has 0 unspecified atom stereocenters. The SMILES string of the molecule is C/C(=N/NC(=O)CSc1nnc(-c2ccc(C)cc2)n1-c1ccccc1)c1ccc(Br)cc1. The van der Waals surface area contributed by atoms with Gasteiger partial charge in [-0.05, 0) is 43.7 Å². The first kappa shape index (κ1) is 22.9. The van der Waals surface area contributed by atoms with Crippen molar-refractivity contribution in [2.24, 2.45) is 5.10 Å². The molecule has 0 saturated carbocycles. The van der Waals surface area contributed by atoms with Gasteiger partial charge >= 0.3 is 0 Å². The summed E-state index contributed by atoms with van der Waals surface area (Å²) >= 11 is 4.74. The number of hydrogen-bond donors (Lipinski definition) is 1. The van der Waals surface area contributed by atoms with Crippen molar-refractivity contribution in [3.63, 3.8) is 0 Å². The molecule has 6 nitrogen and oxygen atoms in total. The van der Waals surface area contributed by atoms with Crippen LogP contribution in [-0.2, 0) is 4.79 Å². The van der Waals surface area contributed by atoms with Gasteiger partial charge in [-0.15, -0.1) is 10.2 Å². The van der Waals surface area contributed by atoms with Crippen molar-refractivity contribution in [1.29, 1.82) is 0 Å². The lowest BCUT2D eigenvalue weighted by Gasteiger charge is -2.10. The minimum Gasteiger partial charge on any atom is -0.272 e. The van der Waals surface area contributed by atoms with Crippen molar-refractivity contribution in [3.8, 4) is 17.1 Å². The molecule has 0 aliphatic carbocycles. The van der Waals surface area contributed by atoms with Crippen LogP contribution in [0.25, 0.3) is 17.1 Å². The Morgan fingerprint density at radius 3 is 2.39 bits per heavy atom. The van der Waals surface area contributed by atoms with Gasteiger partial charge in [0.25, 0.3) is 5.91 Å². The van der Waals surface area contributed by atoms with E-state index in [4.69, 9.17) is 0 Å². The molecular weight excluding hydrogens is 498 g/mol. The minimum absolute atomic E-state index is 0.163. The molecule has 0 atom stereocenters. The van der Waals surface area contributed by atoms with Crippen molar-refractivity contribution in [3.05, 3.63) is 94.5 Å². The Morgan fingerprint density at radius 2 is 1.70 bits per heavy atom. The molecule has 8 heteroatoms. The average Bonchev–Trinajstić information content (AvgIpc) is 3.26. The second-order valence-electron chi connectivity index (χ2n) is 7.37. The van der Waals surface area contributed by atoms with Gasteiger partial charge in [-0.1, -0.05) is 87.9 Å². The number of aryl methyl sites for hydroxylation is 1. The van der Waals surface area contributed by atoms with E-state index in [1.807, 2.05) is 97.3 Å². The summed E-state index contributed by atoms with van der Waals surface area (Å²) < 4.78 is 2.96. The predicted octanol–water partition coefficient (Wildman–Crippen LogP) is 5.64. The first-order chi connectivity index (χ1) is 16.0. The number of carbonyl (C=O) groups excluding carboxylic acids is 1. The summed E-state index contributed by atoms with van der Waals surface area (Å²) in [5.74, 6) is 0.680. The smallest absolute Gasteiger partial charge is 0.250 e. The van der Waals surface area contributed by atoms with E-state index >= 15 is 0 Å². The molecule has 0 aliphatic heterocycles. The highest BCUT2D eigenvalue weighted by Gasteiger charge is 2.17. The molecule has 0 bridgehead atoms. The van der Waals surface area contributed by atoms with Crippen molar-refractivity contribution in [2.75, 3.05) is 5.75 Å². The number of para-hydroxylation sites is 1. The first-order valence-electron chi connectivity index (χ1n) is 10.3. The largest absolute Gasteiger partial charge is 0.272 e. The van der Waals surface area contributed by atoms with Crippen molar-refractivity contribution in [1.82, 2.24) is 20.2 Å². The van der Waals surface area contributed by atoms with Crippen molar-refractivity contribution < 1.29 is 4.79 Å². The van der Waals surface area contributed by atoms with Crippen LogP contribution in [0.3, 0.4) is 0 Å². The van der Waals surface area contributed by atoms with Crippen molar-refractivity contribution in [2.45, 2.75) is 19.0 Å². The van der Waals surface area contributed by atoms with Crippen LogP contribution < -0.4 is 5.43 Å². The van der Waals surface area contributed by atoms with Crippen LogP contribution in [0.2, 0.25) is 0 Å². The minimum atomic E-state index is -0.212. The lowest BCUT2D eigenvalue weighted by Crippen LogP contribution is -2.21. The maximum absolute atomic E-state index is 12.5. The summed E-state index contributed by atoms with van der Waals surface area (Å²) in [6.07, 6.45) is 0. The summed E-state index contributed by atoms with van der Waals surface area (Å²) in [5.41, 5.74) is 7.37. The third kappa shape index (κ3) is 5.77. The maximum atomic E-state index is 12.5. The molecular formula is C25H22BrN5OS. The molecule has 0 spiro atoms. The van der Waals surface area contributed by atoms with E-state index in [0.717, 1.165) is 32.8 Å². The van der Waals surface area contributed by atoms with Crippen molar-refractivity contribution >= 4 is 39.3 Å². The van der Waals surface area contributed by atoms with E-state index < -0.39 is 0 Å². The predicted molar refractivity (Wildman–Crippen MR) is 137 cm³/mol. The van der Waals surface area contributed by atoms with Gasteiger partial charge in [0.15, 0.2) is 11.0 Å². The number of aromatic nitrogens is 3. The number of carbonyl (C=O) groups is 1. The van der Waals surface area contributed by atoms with Crippen LogP contribution in [0.5, 0.6) is 0 Å². The highest BCUT2D eigenvalue weighted by atomic mass is 79.9. The van der Waals surface area contributed by atoms with Gasteiger partial charge in [-0.2, -0.15) is 5.10 Å². The lowest BCUT2D eigenvalue weighted by molar-refractivity contribution is -0.118. The topological polar surface area (TPSA) is 72.2 Å². The van der Waals surface area contributed by atoms with Crippen LogP contribution in [0.15, 0.2) is 93.6 Å². The number of benzene rings is 3. The van der Waals surface area contributed by atoms with E-state index in [9.17, 15) is 4.79 Å². The molecule has 3 aromatic carbocycles. The highest BCUT2D eigenvalue weighted by molar-refractivity contribution is 9.10. The number of thioether (sulfide) groups is 1. The molecule has 1 amide bonds. The van der Waals surface area contributed by atoms with Gasteiger partial charge in [0, 0.05) is 15.7 Å². The standard InChI is InChI=1S/C25H22BrN5OS/c1-17-8-10-20(11-9-17)24-29-30-25(31(24)22-6-4-3-5-7-22)33-16-23(32)28-27-18(2)19-12-14-21(26)15-13-19/h3-15H,16H2,1-2H3,(H,28,32)/b27-18-. The Morgan fingerprint density at radius 1 is 1.00 bits per heavy atom. The number of hydrogen-bond acceptors (Lipinski definition) is 5. The third-order valence-electron chi connectivity index (χ3n) is 4.90. The summed E-state index contributed by atoms with van der Waals surface area (Å²) in [5, 5.41) is 13.7. The number of hydrazone groups is 1. The quantitative estimate of drug-likeness (QED) is 0.195. The number of nitrogens with one attached hydrogen (secondary N) is 1. The van der Waals surface area contributed by atoms with E-state index in [1.54, 1.807) is 0 Å². The van der Waals surface area contributed by atoms with Gasteiger partial charge in [0.05, 0.1) is 11.5 Å². The van der Waals surface area contributed by atoms with E-state index in [0.29, 0.717) is 5.16 Å². The Labute approximate surface area is 205 Å². The third-order valence-corrected chi connectivity index (χ3v) is 6.36. The second-order valence-corrected chi connectivity index (χ2v) is 9.23. The summed E-state index contributed by atoms with van der Waals surface area (Å²) in [6, 6.07) is 25.8. The van der Waals surface area contributed by atoms with E-state index in [-0.39, 0.29) is 11.7 Å². The molecule has 4 aromatic rings. The molecule has 0 aliphatic rings. The molecule has 166 valence electrons. The Bertz CT molecular complexity index is 1270. The maximum Gasteiger partial charge on any atom is 0.250 e. The average molecular weight is 520 g/mol. The lowest BCUT2D eigenvalue weighted by atomic mass is 10.1. The fourth-order valence-corrected chi connectivity index (χ4v) is 4.14. The fraction of sp³-hybridized carbons (Fsp3) is 0.120.